The summed E-state index contributed by atoms with van der Waals surface area (Å²) < 4.78 is 10.3. The van der Waals surface area contributed by atoms with Crippen LogP contribution in [-0.2, 0) is 19.1 Å². The van der Waals surface area contributed by atoms with Crippen LogP contribution in [0.2, 0.25) is 0 Å². The van der Waals surface area contributed by atoms with E-state index in [2.05, 4.69) is 13.8 Å². The van der Waals surface area contributed by atoms with E-state index >= 15 is 0 Å². The van der Waals surface area contributed by atoms with Crippen molar-refractivity contribution in [2.75, 3.05) is 6.61 Å². The van der Waals surface area contributed by atoms with Crippen LogP contribution in [0.1, 0.15) is 78.6 Å². The molecule has 0 spiro atoms. The molecule has 0 aliphatic carbocycles. The molecule has 0 bridgehead atoms. The Morgan fingerprint density at radius 1 is 0.900 bits per heavy atom. The fourth-order valence-electron chi connectivity index (χ4n) is 1.78. The maximum atomic E-state index is 11.5. The summed E-state index contributed by atoms with van der Waals surface area (Å²) in [6.45, 7) is 6.61. The van der Waals surface area contributed by atoms with E-state index in [1.807, 2.05) is 6.92 Å². The van der Waals surface area contributed by atoms with Crippen molar-refractivity contribution in [1.29, 1.82) is 0 Å². The van der Waals surface area contributed by atoms with E-state index in [0.717, 1.165) is 32.1 Å². The smallest absolute Gasteiger partial charge is 0.306 e. The standard InChI is InChI=1S/C16H30O4/c1-4-6-10-14(3)20-16(18)12-9-8-11-15(17)19-13-7-5-2/h14H,4-13H2,1-3H3. The Labute approximate surface area is 123 Å². The van der Waals surface area contributed by atoms with E-state index in [-0.39, 0.29) is 18.0 Å². The van der Waals surface area contributed by atoms with Crippen LogP contribution < -0.4 is 0 Å². The fraction of sp³-hybridized carbons (Fsp3) is 0.875. The van der Waals surface area contributed by atoms with Crippen molar-refractivity contribution >= 4 is 11.9 Å². The van der Waals surface area contributed by atoms with Crippen LogP contribution in [0.15, 0.2) is 0 Å². The topological polar surface area (TPSA) is 52.6 Å². The van der Waals surface area contributed by atoms with Crippen LogP contribution in [0.25, 0.3) is 0 Å². The van der Waals surface area contributed by atoms with Crippen molar-refractivity contribution in [3.8, 4) is 0 Å². The van der Waals surface area contributed by atoms with Crippen molar-refractivity contribution < 1.29 is 19.1 Å². The third-order valence-electron chi connectivity index (χ3n) is 3.07. The van der Waals surface area contributed by atoms with Crippen LogP contribution in [-0.4, -0.2) is 24.6 Å². The molecular weight excluding hydrogens is 256 g/mol. The van der Waals surface area contributed by atoms with Gasteiger partial charge in [-0.2, -0.15) is 0 Å². The van der Waals surface area contributed by atoms with Crippen molar-refractivity contribution in [2.24, 2.45) is 0 Å². The number of carbonyl (C=O) groups excluding carboxylic acids is 2. The molecule has 0 saturated heterocycles. The van der Waals surface area contributed by atoms with E-state index < -0.39 is 0 Å². The monoisotopic (exact) mass is 286 g/mol. The van der Waals surface area contributed by atoms with E-state index in [1.54, 1.807) is 0 Å². The van der Waals surface area contributed by atoms with Gasteiger partial charge in [0.05, 0.1) is 12.7 Å². The van der Waals surface area contributed by atoms with Gasteiger partial charge in [0.1, 0.15) is 0 Å². The molecule has 0 saturated carbocycles. The minimum absolute atomic E-state index is 0.00135. The molecule has 1 atom stereocenters. The maximum absolute atomic E-state index is 11.5. The highest BCUT2D eigenvalue weighted by Crippen LogP contribution is 2.08. The zero-order valence-electron chi connectivity index (χ0n) is 13.3. The van der Waals surface area contributed by atoms with Crippen LogP contribution in [0, 0.1) is 0 Å². The second-order valence-corrected chi connectivity index (χ2v) is 5.22. The van der Waals surface area contributed by atoms with Crippen LogP contribution in [0.3, 0.4) is 0 Å². The first-order chi connectivity index (χ1) is 9.60. The summed E-state index contributed by atoms with van der Waals surface area (Å²) in [5.74, 6) is -0.323. The van der Waals surface area contributed by atoms with Crippen LogP contribution in [0.4, 0.5) is 0 Å². The molecule has 0 amide bonds. The molecular formula is C16H30O4. The van der Waals surface area contributed by atoms with Crippen molar-refractivity contribution in [3.63, 3.8) is 0 Å². The third kappa shape index (κ3) is 12.0. The predicted octanol–water partition coefficient (Wildman–Crippen LogP) is 4.01. The lowest BCUT2D eigenvalue weighted by Gasteiger charge is -2.12. The summed E-state index contributed by atoms with van der Waals surface area (Å²) in [4.78, 5) is 22.9. The molecule has 0 aliphatic rings. The molecule has 0 N–H and O–H groups in total. The van der Waals surface area contributed by atoms with Crippen molar-refractivity contribution in [1.82, 2.24) is 0 Å². The zero-order chi connectivity index (χ0) is 15.2. The molecule has 0 aromatic carbocycles. The molecule has 1 unspecified atom stereocenters. The summed E-state index contributed by atoms with van der Waals surface area (Å²) in [5.41, 5.74) is 0. The van der Waals surface area contributed by atoms with Gasteiger partial charge in [-0.25, -0.2) is 0 Å². The number of hydrogen-bond donors (Lipinski definition) is 0. The van der Waals surface area contributed by atoms with Gasteiger partial charge in [-0.15, -0.1) is 0 Å². The van der Waals surface area contributed by atoms with Gasteiger partial charge in [-0.3, -0.25) is 9.59 Å². The lowest BCUT2D eigenvalue weighted by atomic mass is 10.2. The van der Waals surface area contributed by atoms with Gasteiger partial charge >= 0.3 is 11.9 Å². The van der Waals surface area contributed by atoms with Gasteiger partial charge in [0.15, 0.2) is 0 Å². The Morgan fingerprint density at radius 2 is 1.50 bits per heavy atom. The summed E-state index contributed by atoms with van der Waals surface area (Å²) in [7, 11) is 0. The molecule has 0 aromatic rings. The zero-order valence-corrected chi connectivity index (χ0v) is 13.3. The quantitative estimate of drug-likeness (QED) is 0.402. The average Bonchev–Trinajstić information content (AvgIpc) is 2.41. The fourth-order valence-corrected chi connectivity index (χ4v) is 1.78. The van der Waals surface area contributed by atoms with Gasteiger partial charge in [-0.1, -0.05) is 33.1 Å². The molecule has 0 fully saturated rings. The first-order valence-corrected chi connectivity index (χ1v) is 7.95. The number of esters is 2. The first kappa shape index (κ1) is 18.9. The number of rotatable bonds is 12. The second kappa shape index (κ2) is 12.9. The molecule has 0 radical (unpaired) electrons. The molecule has 0 rings (SSSR count). The van der Waals surface area contributed by atoms with Crippen molar-refractivity contribution in [2.45, 2.75) is 84.7 Å². The Morgan fingerprint density at radius 3 is 2.10 bits per heavy atom. The summed E-state index contributed by atoms with van der Waals surface area (Å²) in [6, 6.07) is 0. The molecule has 20 heavy (non-hydrogen) atoms. The highest BCUT2D eigenvalue weighted by atomic mass is 16.5. The largest absolute Gasteiger partial charge is 0.466 e. The van der Waals surface area contributed by atoms with Gasteiger partial charge in [0, 0.05) is 12.8 Å². The van der Waals surface area contributed by atoms with Gasteiger partial charge in [-0.05, 0) is 32.6 Å². The summed E-state index contributed by atoms with van der Waals surface area (Å²) in [5, 5.41) is 0. The van der Waals surface area contributed by atoms with Gasteiger partial charge < -0.3 is 9.47 Å². The maximum Gasteiger partial charge on any atom is 0.306 e. The molecule has 4 nitrogen and oxygen atoms in total. The average molecular weight is 286 g/mol. The highest BCUT2D eigenvalue weighted by molar-refractivity contribution is 5.70. The van der Waals surface area contributed by atoms with Crippen LogP contribution >= 0.6 is 0 Å². The number of hydrogen-bond acceptors (Lipinski definition) is 4. The normalized spacial score (nSPS) is 11.9. The molecule has 0 aliphatic heterocycles. The summed E-state index contributed by atoms with van der Waals surface area (Å²) >= 11 is 0. The van der Waals surface area contributed by atoms with E-state index in [9.17, 15) is 9.59 Å². The molecule has 0 aromatic heterocycles. The minimum Gasteiger partial charge on any atom is -0.466 e. The second-order valence-electron chi connectivity index (χ2n) is 5.22. The lowest BCUT2D eigenvalue weighted by Crippen LogP contribution is -2.14. The Bertz CT molecular complexity index is 263. The molecule has 118 valence electrons. The molecule has 4 heteroatoms. The number of carbonyl (C=O) groups is 2. The Balaban J connectivity index is 3.49. The van der Waals surface area contributed by atoms with Gasteiger partial charge in [0.25, 0.3) is 0 Å². The third-order valence-corrected chi connectivity index (χ3v) is 3.07. The predicted molar refractivity (Wildman–Crippen MR) is 79.4 cm³/mol. The Kier molecular flexibility index (Phi) is 12.3. The lowest BCUT2D eigenvalue weighted by molar-refractivity contribution is -0.149. The number of ether oxygens (including phenoxy) is 2. The number of unbranched alkanes of at least 4 members (excludes halogenated alkanes) is 3. The minimum atomic E-state index is -0.164. The molecule has 0 heterocycles. The highest BCUT2D eigenvalue weighted by Gasteiger charge is 2.09. The van der Waals surface area contributed by atoms with Gasteiger partial charge in [0.2, 0.25) is 0 Å². The first-order valence-electron chi connectivity index (χ1n) is 7.95. The summed E-state index contributed by atoms with van der Waals surface area (Å²) in [6.07, 6.45) is 7.20. The SMILES string of the molecule is CCCCOC(=O)CCCCC(=O)OC(C)CCCC. The van der Waals surface area contributed by atoms with E-state index in [4.69, 9.17) is 9.47 Å². The Hall–Kier alpha value is -1.06. The van der Waals surface area contributed by atoms with Crippen LogP contribution in [0.5, 0.6) is 0 Å². The van der Waals surface area contributed by atoms with Crippen molar-refractivity contribution in [3.05, 3.63) is 0 Å². The van der Waals surface area contributed by atoms with E-state index in [0.29, 0.717) is 32.3 Å². The van der Waals surface area contributed by atoms with E-state index in [1.165, 1.54) is 0 Å².